The van der Waals surface area contributed by atoms with Crippen molar-refractivity contribution in [2.75, 3.05) is 27.8 Å². The topological polar surface area (TPSA) is 48.0 Å². The molecular formula is C21H31NO4. The molecule has 1 saturated heterocycles. The lowest BCUT2D eigenvalue weighted by molar-refractivity contribution is -0.152. The lowest BCUT2D eigenvalue weighted by Crippen LogP contribution is -2.48. The van der Waals surface area contributed by atoms with E-state index >= 15 is 0 Å². The van der Waals surface area contributed by atoms with Gasteiger partial charge in [-0.1, -0.05) is 13.0 Å². The molecule has 1 aliphatic heterocycles. The number of likely N-dealkylation sites (N-methyl/N-ethyl adjacent to an activating group) is 1. The van der Waals surface area contributed by atoms with Crippen LogP contribution in [0.1, 0.15) is 51.0 Å². The molecular weight excluding hydrogens is 330 g/mol. The van der Waals surface area contributed by atoms with Gasteiger partial charge in [-0.05, 0) is 57.0 Å². The molecule has 1 heterocycles. The van der Waals surface area contributed by atoms with Gasteiger partial charge < -0.3 is 19.1 Å². The quantitative estimate of drug-likeness (QED) is 0.725. The van der Waals surface area contributed by atoms with Crippen LogP contribution in [0.3, 0.4) is 0 Å². The molecule has 0 N–H and O–H groups in total. The Morgan fingerprint density at radius 3 is 2.69 bits per heavy atom. The summed E-state index contributed by atoms with van der Waals surface area (Å²) >= 11 is 0. The number of likely N-dealkylation sites (tertiary alicyclic amines) is 1. The Bertz CT molecular complexity index is 647. The zero-order valence-corrected chi connectivity index (χ0v) is 16.4. The molecule has 0 amide bonds. The molecule has 2 aliphatic rings. The summed E-state index contributed by atoms with van der Waals surface area (Å²) in [4.78, 5) is 14.3. The van der Waals surface area contributed by atoms with E-state index in [1.807, 2.05) is 13.0 Å². The Morgan fingerprint density at radius 1 is 1.23 bits per heavy atom. The standard InChI is InChI=1S/C21H31NO4/c1-5-6-20(23)26-16-9-10-21(11-12-22(2)19(21)14-16)15-7-8-17(24-3)18(13-15)25-4/h7-8,13,16,19H,5-6,9-12,14H2,1-4H3/t16-,19-,21-/m0/s1. The normalized spacial score (nSPS) is 28.5. The first-order chi connectivity index (χ1) is 12.5. The largest absolute Gasteiger partial charge is 0.493 e. The number of nitrogens with zero attached hydrogens (tertiary/aromatic N) is 1. The maximum atomic E-state index is 11.9. The minimum atomic E-state index is -0.0585. The first-order valence-electron chi connectivity index (χ1n) is 9.66. The number of hydrogen-bond donors (Lipinski definition) is 0. The maximum absolute atomic E-state index is 11.9. The van der Waals surface area contributed by atoms with Crippen LogP contribution in [0.4, 0.5) is 0 Å². The van der Waals surface area contributed by atoms with Crippen molar-refractivity contribution in [1.82, 2.24) is 4.90 Å². The minimum Gasteiger partial charge on any atom is -0.493 e. The number of methoxy groups -OCH3 is 2. The number of hydrogen-bond acceptors (Lipinski definition) is 5. The molecule has 1 aliphatic carbocycles. The average molecular weight is 361 g/mol. The van der Waals surface area contributed by atoms with Crippen molar-refractivity contribution in [2.45, 2.75) is 63.0 Å². The number of carbonyl (C=O) groups is 1. The second-order valence-corrected chi connectivity index (χ2v) is 7.61. The minimum absolute atomic E-state index is 0.0351. The predicted molar refractivity (Wildman–Crippen MR) is 101 cm³/mol. The van der Waals surface area contributed by atoms with Crippen LogP contribution in [0.2, 0.25) is 0 Å². The molecule has 5 nitrogen and oxygen atoms in total. The summed E-state index contributed by atoms with van der Waals surface area (Å²) in [6, 6.07) is 6.70. The van der Waals surface area contributed by atoms with Gasteiger partial charge in [0.2, 0.25) is 0 Å². The van der Waals surface area contributed by atoms with E-state index in [2.05, 4.69) is 24.1 Å². The highest BCUT2D eigenvalue weighted by Crippen LogP contribution is 2.50. The number of rotatable bonds is 6. The van der Waals surface area contributed by atoms with Crippen molar-refractivity contribution in [3.63, 3.8) is 0 Å². The smallest absolute Gasteiger partial charge is 0.306 e. The van der Waals surface area contributed by atoms with Gasteiger partial charge in [-0.3, -0.25) is 4.79 Å². The van der Waals surface area contributed by atoms with Gasteiger partial charge in [0.1, 0.15) is 6.10 Å². The van der Waals surface area contributed by atoms with Crippen LogP contribution in [0.5, 0.6) is 11.5 Å². The molecule has 144 valence electrons. The molecule has 0 bridgehead atoms. The second-order valence-electron chi connectivity index (χ2n) is 7.61. The molecule has 0 spiro atoms. The summed E-state index contributed by atoms with van der Waals surface area (Å²) in [5.74, 6) is 1.48. The van der Waals surface area contributed by atoms with Crippen LogP contribution in [0.25, 0.3) is 0 Å². The Balaban J connectivity index is 1.84. The third kappa shape index (κ3) is 3.41. The van der Waals surface area contributed by atoms with Gasteiger partial charge in [0.25, 0.3) is 0 Å². The van der Waals surface area contributed by atoms with Gasteiger partial charge in [0.05, 0.1) is 14.2 Å². The molecule has 0 radical (unpaired) electrons. The van der Waals surface area contributed by atoms with Crippen LogP contribution in [0, 0.1) is 0 Å². The first-order valence-corrected chi connectivity index (χ1v) is 9.66. The van der Waals surface area contributed by atoms with Crippen LogP contribution in [-0.4, -0.2) is 50.8 Å². The lowest BCUT2D eigenvalue weighted by atomic mass is 9.65. The van der Waals surface area contributed by atoms with E-state index in [1.54, 1.807) is 14.2 Å². The predicted octanol–water partition coefficient (Wildman–Crippen LogP) is 3.54. The summed E-state index contributed by atoms with van der Waals surface area (Å²) in [6.45, 7) is 3.07. The maximum Gasteiger partial charge on any atom is 0.306 e. The van der Waals surface area contributed by atoms with Gasteiger partial charge in [-0.2, -0.15) is 0 Å². The SMILES string of the molecule is CCCC(=O)O[C@H]1CC[C@@]2(c3ccc(OC)c(OC)c3)CCN(C)[C@H]2C1. The Hall–Kier alpha value is -1.75. The zero-order chi connectivity index (χ0) is 18.7. The van der Waals surface area contributed by atoms with Crippen LogP contribution in [-0.2, 0) is 14.9 Å². The number of fused-ring (bicyclic) bond motifs is 1. The number of esters is 1. The van der Waals surface area contributed by atoms with Gasteiger partial charge in [-0.25, -0.2) is 0 Å². The molecule has 1 aromatic carbocycles. The summed E-state index contributed by atoms with van der Waals surface area (Å²) in [7, 11) is 5.53. The molecule has 3 atom stereocenters. The van der Waals surface area contributed by atoms with E-state index in [0.717, 1.165) is 50.1 Å². The van der Waals surface area contributed by atoms with Crippen molar-refractivity contribution in [2.24, 2.45) is 0 Å². The van der Waals surface area contributed by atoms with E-state index in [9.17, 15) is 4.79 Å². The molecule has 3 rings (SSSR count). The van der Waals surface area contributed by atoms with E-state index in [-0.39, 0.29) is 17.5 Å². The monoisotopic (exact) mass is 361 g/mol. The Labute approximate surface area is 156 Å². The molecule has 1 aromatic rings. The molecule has 0 aromatic heterocycles. The highest BCUT2D eigenvalue weighted by Gasteiger charge is 2.51. The third-order valence-electron chi connectivity index (χ3n) is 6.19. The third-order valence-corrected chi connectivity index (χ3v) is 6.19. The van der Waals surface area contributed by atoms with Crippen molar-refractivity contribution < 1.29 is 19.0 Å². The van der Waals surface area contributed by atoms with Gasteiger partial charge in [0, 0.05) is 24.3 Å². The van der Waals surface area contributed by atoms with Crippen LogP contribution >= 0.6 is 0 Å². The summed E-state index contributed by atoms with van der Waals surface area (Å²) in [5, 5.41) is 0. The summed E-state index contributed by atoms with van der Waals surface area (Å²) in [6.07, 6.45) is 5.37. The number of benzene rings is 1. The molecule has 5 heteroatoms. The van der Waals surface area contributed by atoms with E-state index < -0.39 is 0 Å². The van der Waals surface area contributed by atoms with Gasteiger partial charge in [-0.15, -0.1) is 0 Å². The average Bonchev–Trinajstić information content (AvgIpc) is 2.99. The van der Waals surface area contributed by atoms with Crippen molar-refractivity contribution in [1.29, 1.82) is 0 Å². The second kappa shape index (κ2) is 7.87. The fraction of sp³-hybridized carbons (Fsp3) is 0.667. The first kappa shape index (κ1) is 19.0. The highest BCUT2D eigenvalue weighted by molar-refractivity contribution is 5.69. The molecule has 0 unspecified atom stereocenters. The highest BCUT2D eigenvalue weighted by atomic mass is 16.5. The fourth-order valence-corrected chi connectivity index (χ4v) is 4.79. The Kier molecular flexibility index (Phi) is 5.76. The number of carbonyl (C=O) groups excluding carboxylic acids is 1. The summed E-state index contributed by atoms with van der Waals surface area (Å²) in [5.41, 5.74) is 1.41. The molecule has 26 heavy (non-hydrogen) atoms. The Morgan fingerprint density at radius 2 is 2.00 bits per heavy atom. The van der Waals surface area contributed by atoms with Crippen molar-refractivity contribution in [3.8, 4) is 11.5 Å². The summed E-state index contributed by atoms with van der Waals surface area (Å²) < 4.78 is 16.7. The van der Waals surface area contributed by atoms with E-state index in [0.29, 0.717) is 12.5 Å². The molecule has 2 fully saturated rings. The molecule has 1 saturated carbocycles. The van der Waals surface area contributed by atoms with E-state index in [4.69, 9.17) is 14.2 Å². The lowest BCUT2D eigenvalue weighted by Gasteiger charge is -2.44. The van der Waals surface area contributed by atoms with Crippen LogP contribution in [0.15, 0.2) is 18.2 Å². The number of ether oxygens (including phenoxy) is 3. The van der Waals surface area contributed by atoms with Gasteiger partial charge in [0.15, 0.2) is 11.5 Å². The van der Waals surface area contributed by atoms with Gasteiger partial charge >= 0.3 is 5.97 Å². The van der Waals surface area contributed by atoms with Crippen molar-refractivity contribution in [3.05, 3.63) is 23.8 Å². The van der Waals surface area contributed by atoms with Crippen LogP contribution < -0.4 is 9.47 Å². The fourth-order valence-electron chi connectivity index (χ4n) is 4.79. The van der Waals surface area contributed by atoms with Crippen molar-refractivity contribution >= 4 is 5.97 Å². The van der Waals surface area contributed by atoms with E-state index in [1.165, 1.54) is 5.56 Å². The zero-order valence-electron chi connectivity index (χ0n) is 16.4.